The number of phosphoric ester groups is 4. The Balaban J connectivity index is 1.14. The molecule has 8 bridgehead atoms. The van der Waals surface area contributed by atoms with Crippen LogP contribution in [0.3, 0.4) is 0 Å². The maximum absolute atomic E-state index is 16.7. The van der Waals surface area contributed by atoms with E-state index in [-0.39, 0.29) is 93.3 Å². The zero-order valence-corrected chi connectivity index (χ0v) is 64.4. The van der Waals surface area contributed by atoms with Crippen LogP contribution in [0.5, 0.6) is 69.0 Å². The summed E-state index contributed by atoms with van der Waals surface area (Å²) >= 11 is 0. The molecule has 0 unspecified atom stereocenters. The maximum atomic E-state index is 16.7. The molecule has 13 rings (SSSR count). The zero-order chi connectivity index (χ0) is 71.7. The third-order valence-electron chi connectivity index (χ3n) is 20.1. The predicted octanol–water partition coefficient (Wildman–Crippen LogP) is 25.4. The fourth-order valence-electron chi connectivity index (χ4n) is 14.4. The molecule has 0 atom stereocenters. The zero-order valence-electron chi connectivity index (χ0n) is 60.8. The van der Waals surface area contributed by atoms with Crippen molar-refractivity contribution in [2.75, 3.05) is 0 Å². The normalized spacial score (nSPS) is 23.1. The molecule has 5 aliphatic rings. The summed E-state index contributed by atoms with van der Waals surface area (Å²) in [6.07, 6.45) is 0. The number of hydrogen-bond donors (Lipinski definition) is 0. The molecule has 0 N–H and O–H groups in total. The van der Waals surface area contributed by atoms with Crippen molar-refractivity contribution < 1.29 is 72.5 Å². The SMILES string of the molecule is CC(C)c1cccc(C(C)C)c1OP1(=O)Oc2cc3c4cc2C(C)c2cc5c(cc2O1)OP(=O)(Oc1c(C(C)C)cccc1C(C)C)Oc1cc2c(cc1C5C)C(C)c1cc(c(cc1OP(=O)(Oc1c(C(C)C)cccc1C(C)C)O2)OP(=O)(Oc1c(C(C)C)cccc1C(C)C)O3)C4C. The van der Waals surface area contributed by atoms with E-state index < -0.39 is 55.0 Å². The quantitative estimate of drug-likeness (QED) is 0.0833. The largest absolute Gasteiger partial charge is 0.647 e. The summed E-state index contributed by atoms with van der Waals surface area (Å²) in [6, 6.07) is 37.2. The molecule has 4 heterocycles. The Morgan fingerprint density at radius 3 is 0.490 bits per heavy atom. The van der Waals surface area contributed by atoms with E-state index in [2.05, 4.69) is 0 Å². The van der Waals surface area contributed by atoms with Gasteiger partial charge in [0.2, 0.25) is 0 Å². The van der Waals surface area contributed by atoms with Crippen LogP contribution in [0, 0.1) is 0 Å². The number of rotatable bonds is 16. The first kappa shape index (κ1) is 70.7. The van der Waals surface area contributed by atoms with Gasteiger partial charge in [0.05, 0.1) is 0 Å². The van der Waals surface area contributed by atoms with Crippen molar-refractivity contribution >= 4 is 31.3 Å². The first-order valence-corrected chi connectivity index (χ1v) is 41.0. The van der Waals surface area contributed by atoms with Crippen molar-refractivity contribution in [3.63, 3.8) is 0 Å². The smallest absolute Gasteiger partial charge is 0.385 e. The van der Waals surface area contributed by atoms with Gasteiger partial charge in [-0.1, -0.05) is 211 Å². The van der Waals surface area contributed by atoms with Gasteiger partial charge in [-0.2, -0.15) is 18.3 Å². The van der Waals surface area contributed by atoms with Gasteiger partial charge in [0.25, 0.3) is 0 Å². The van der Waals surface area contributed by atoms with Crippen molar-refractivity contribution in [1.82, 2.24) is 0 Å². The summed E-state index contributed by atoms with van der Waals surface area (Å²) < 4.78 is 150. The van der Waals surface area contributed by atoms with E-state index in [4.69, 9.17) is 54.3 Å². The highest BCUT2D eigenvalue weighted by Gasteiger charge is 2.49. The third kappa shape index (κ3) is 12.9. The van der Waals surface area contributed by atoms with E-state index in [1.165, 1.54) is 0 Å². The second-order valence-electron chi connectivity index (χ2n) is 29.8. The van der Waals surface area contributed by atoms with Crippen LogP contribution in [0.15, 0.2) is 121 Å². The molecule has 0 radical (unpaired) electrons. The van der Waals surface area contributed by atoms with E-state index in [1.54, 1.807) is 24.3 Å². The van der Waals surface area contributed by atoms with Gasteiger partial charge in [-0.25, -0.2) is 0 Å². The summed E-state index contributed by atoms with van der Waals surface area (Å²) in [5.74, 6) is -2.04. The van der Waals surface area contributed by atoms with Crippen LogP contribution in [0.4, 0.5) is 0 Å². The van der Waals surface area contributed by atoms with E-state index in [9.17, 15) is 0 Å². The molecule has 4 aliphatic heterocycles. The molecule has 8 aromatic carbocycles. The molecule has 0 saturated carbocycles. The Morgan fingerprint density at radius 2 is 0.370 bits per heavy atom. The second kappa shape index (κ2) is 26.3. The summed E-state index contributed by atoms with van der Waals surface area (Å²) in [7, 11) is -20.1. The van der Waals surface area contributed by atoms with Crippen molar-refractivity contribution in [3.05, 3.63) is 210 Å². The van der Waals surface area contributed by atoms with E-state index in [0.29, 0.717) is 67.5 Å². The van der Waals surface area contributed by atoms with Gasteiger partial charge >= 0.3 is 31.3 Å². The lowest BCUT2D eigenvalue weighted by Gasteiger charge is -2.35. The lowest BCUT2D eigenvalue weighted by atomic mass is 9.81. The van der Waals surface area contributed by atoms with Crippen LogP contribution in [-0.2, 0) is 18.3 Å². The summed E-state index contributed by atoms with van der Waals surface area (Å²) in [5.41, 5.74) is 10.3. The van der Waals surface area contributed by atoms with Gasteiger partial charge < -0.3 is 54.3 Å². The Bertz CT molecular complexity index is 3960. The molecule has 100 heavy (non-hydrogen) atoms. The van der Waals surface area contributed by atoms with Crippen LogP contribution < -0.4 is 54.3 Å². The molecule has 1 aliphatic carbocycles. The van der Waals surface area contributed by atoms with E-state index in [1.807, 2.05) is 236 Å². The minimum absolute atomic E-state index is 0.0322. The van der Waals surface area contributed by atoms with Gasteiger partial charge in [0.1, 0.15) is 69.0 Å². The average Bonchev–Trinajstić information content (AvgIpc) is 0.728. The second-order valence-corrected chi connectivity index (χ2v) is 35.6. The van der Waals surface area contributed by atoms with Crippen LogP contribution in [-0.4, -0.2) is 0 Å². The molecule has 20 heteroatoms. The fraction of sp³-hybridized carbons (Fsp3) is 0.400. The molecule has 0 amide bonds. The molecular weight excluding hydrogens is 1340 g/mol. The third-order valence-corrected chi connectivity index (χ3v) is 25.1. The molecule has 0 saturated heterocycles. The average molecular weight is 1430 g/mol. The summed E-state index contributed by atoms with van der Waals surface area (Å²) in [4.78, 5) is 0. The van der Waals surface area contributed by atoms with Gasteiger partial charge in [0.15, 0.2) is 0 Å². The summed E-state index contributed by atoms with van der Waals surface area (Å²) in [5, 5.41) is 0. The standard InChI is InChI=1S/C80H92O16P4/c1-41(2)53-25-21-26-54(42(3)4)77(53)93-97(81)85-69-37-71-63-33-61(69)49(17)62-34-64-51(19)66-36-68-52(20)67-35-65(50(63)18)73(89-98(82,87-71)94-78-55(43(5)6)27-22-28-56(78)44(7)8)39-75(67)91-100(84,96-80-59(47(13)14)31-24-32-60(80)48(15)16)92-76(68)40-74(66)90-99(83,88-72(64)38-70(62)86-97)95-79-57(45(9)10)29-23-30-58(79)46(11)12/h21-52H,1-20H3. The Labute approximate surface area is 589 Å². The van der Waals surface area contributed by atoms with Crippen molar-refractivity contribution in [1.29, 1.82) is 0 Å². The van der Waals surface area contributed by atoms with Crippen molar-refractivity contribution in [3.8, 4) is 69.0 Å². The predicted molar refractivity (Wildman–Crippen MR) is 392 cm³/mol. The number of para-hydroxylation sites is 4. The molecule has 528 valence electrons. The molecule has 0 fully saturated rings. The molecule has 0 aromatic heterocycles. The minimum Gasteiger partial charge on any atom is -0.385 e. The van der Waals surface area contributed by atoms with E-state index in [0.717, 1.165) is 44.5 Å². The Hall–Kier alpha value is -7.72. The van der Waals surface area contributed by atoms with E-state index >= 15 is 18.3 Å². The highest BCUT2D eigenvalue weighted by atomic mass is 31.2. The van der Waals surface area contributed by atoms with Crippen LogP contribution >= 0.6 is 31.3 Å². The molecular formula is C80H92O16P4. The Morgan fingerprint density at radius 1 is 0.240 bits per heavy atom. The first-order chi connectivity index (χ1) is 47.2. The number of hydrogen-bond acceptors (Lipinski definition) is 16. The maximum Gasteiger partial charge on any atom is 0.647 e. The molecule has 0 spiro atoms. The van der Waals surface area contributed by atoms with Gasteiger partial charge in [-0.3, -0.25) is 0 Å². The fourth-order valence-corrected chi connectivity index (χ4v) is 19.8. The first-order valence-electron chi connectivity index (χ1n) is 35.1. The van der Waals surface area contributed by atoms with Crippen LogP contribution in [0.1, 0.15) is 299 Å². The molecule has 8 aromatic rings. The van der Waals surface area contributed by atoms with Crippen LogP contribution in [0.2, 0.25) is 0 Å². The van der Waals surface area contributed by atoms with Crippen LogP contribution in [0.25, 0.3) is 0 Å². The highest BCUT2D eigenvalue weighted by molar-refractivity contribution is 7.50. The summed E-state index contributed by atoms with van der Waals surface area (Å²) in [6.45, 7) is 40.4. The Kier molecular flexibility index (Phi) is 18.6. The lowest BCUT2D eigenvalue weighted by molar-refractivity contribution is 0.283. The topological polar surface area (TPSA) is 179 Å². The molecule has 16 nitrogen and oxygen atoms in total. The monoisotopic (exact) mass is 1430 g/mol. The minimum atomic E-state index is -5.02. The van der Waals surface area contributed by atoms with Crippen molar-refractivity contribution in [2.24, 2.45) is 0 Å². The van der Waals surface area contributed by atoms with Crippen molar-refractivity contribution in [2.45, 2.75) is 209 Å². The highest BCUT2D eigenvalue weighted by Crippen LogP contribution is 2.67. The van der Waals surface area contributed by atoms with Gasteiger partial charge in [-0.15, -0.1) is 0 Å². The number of phosphoric acid groups is 4. The number of benzene rings is 8. The van der Waals surface area contributed by atoms with Gasteiger partial charge in [-0.05, 0) is 116 Å². The van der Waals surface area contributed by atoms with Gasteiger partial charge in [0, 0.05) is 92.4 Å². The lowest BCUT2D eigenvalue weighted by Crippen LogP contribution is -2.20.